The van der Waals surface area contributed by atoms with Crippen LogP contribution >= 0.6 is 0 Å². The van der Waals surface area contributed by atoms with Crippen LogP contribution in [0.3, 0.4) is 0 Å². The predicted octanol–water partition coefficient (Wildman–Crippen LogP) is 2.29. The molecule has 152 valence electrons. The molecule has 0 aliphatic carbocycles. The first-order valence-corrected chi connectivity index (χ1v) is 9.62. The number of ether oxygens (including phenoxy) is 1. The van der Waals surface area contributed by atoms with Crippen LogP contribution in [0.25, 0.3) is 10.8 Å². The number of fused-ring (bicyclic) bond motifs is 1. The highest BCUT2D eigenvalue weighted by Gasteiger charge is 2.27. The number of benzene rings is 2. The van der Waals surface area contributed by atoms with Gasteiger partial charge in [-0.2, -0.15) is 0 Å². The second-order valence-electron chi connectivity index (χ2n) is 6.95. The number of amides is 2. The highest BCUT2D eigenvalue weighted by atomic mass is 16.5. The maximum atomic E-state index is 12.8. The molecule has 0 bridgehead atoms. The van der Waals surface area contributed by atoms with Crippen molar-refractivity contribution in [2.75, 3.05) is 13.2 Å². The molecule has 0 spiro atoms. The molecule has 2 atom stereocenters. The number of phenols is 1. The number of rotatable bonds is 7. The summed E-state index contributed by atoms with van der Waals surface area (Å²) >= 11 is 0. The fraction of sp³-hybridized carbons (Fsp3) is 0.318. The Balaban J connectivity index is 1.76. The highest BCUT2D eigenvalue weighted by Crippen LogP contribution is 2.22. The Morgan fingerprint density at radius 1 is 1.28 bits per heavy atom. The van der Waals surface area contributed by atoms with Gasteiger partial charge in [-0.3, -0.25) is 9.59 Å². The minimum absolute atomic E-state index is 0.0423. The van der Waals surface area contributed by atoms with Gasteiger partial charge in [-0.05, 0) is 54.8 Å². The van der Waals surface area contributed by atoms with Gasteiger partial charge in [-0.15, -0.1) is 0 Å². The first kappa shape index (κ1) is 20.4. The lowest BCUT2D eigenvalue weighted by Gasteiger charge is -2.18. The molecule has 1 heterocycles. The molecule has 29 heavy (non-hydrogen) atoms. The second kappa shape index (κ2) is 9.23. The largest absolute Gasteiger partial charge is 0.508 e. The Hall–Kier alpha value is -3.35. The molecular weight excluding hydrogens is 372 g/mol. The van der Waals surface area contributed by atoms with Crippen molar-refractivity contribution in [2.24, 2.45) is 5.92 Å². The van der Waals surface area contributed by atoms with Crippen molar-refractivity contribution in [3.63, 3.8) is 0 Å². The molecule has 1 fully saturated rings. The maximum Gasteiger partial charge on any atom is 0.330 e. The van der Waals surface area contributed by atoms with Gasteiger partial charge in [0.15, 0.2) is 0 Å². The Morgan fingerprint density at radius 3 is 2.76 bits per heavy atom. The van der Waals surface area contributed by atoms with Crippen LogP contribution in [0.1, 0.15) is 30.1 Å². The van der Waals surface area contributed by atoms with Gasteiger partial charge >= 0.3 is 5.97 Å². The average Bonchev–Trinajstić information content (AvgIpc) is 3.10. The van der Waals surface area contributed by atoms with Crippen LogP contribution in [0.15, 0.2) is 48.6 Å². The molecule has 1 aliphatic heterocycles. The SMILES string of the molecule is CCOC(=O)/C=C/C(C[C@@H]1CCNC1=O)NC(=O)c1ccc2cc(O)ccc2c1. The first-order valence-electron chi connectivity index (χ1n) is 9.62. The van der Waals surface area contributed by atoms with E-state index < -0.39 is 12.0 Å². The minimum Gasteiger partial charge on any atom is -0.508 e. The van der Waals surface area contributed by atoms with Crippen LogP contribution in [-0.2, 0) is 14.3 Å². The summed E-state index contributed by atoms with van der Waals surface area (Å²) in [6, 6.07) is 9.61. The molecule has 2 aromatic carbocycles. The molecule has 1 saturated heterocycles. The van der Waals surface area contributed by atoms with Crippen molar-refractivity contribution in [1.29, 1.82) is 0 Å². The lowest BCUT2D eigenvalue weighted by molar-refractivity contribution is -0.137. The Kier molecular flexibility index (Phi) is 6.49. The van der Waals surface area contributed by atoms with E-state index in [9.17, 15) is 19.5 Å². The van der Waals surface area contributed by atoms with Gasteiger partial charge in [0, 0.05) is 30.1 Å². The van der Waals surface area contributed by atoms with Gasteiger partial charge in [-0.25, -0.2) is 4.79 Å². The lowest BCUT2D eigenvalue weighted by Crippen LogP contribution is -2.36. The molecule has 0 radical (unpaired) electrons. The van der Waals surface area contributed by atoms with E-state index in [1.807, 2.05) is 0 Å². The van der Waals surface area contributed by atoms with Crippen LogP contribution in [0.4, 0.5) is 0 Å². The number of esters is 1. The summed E-state index contributed by atoms with van der Waals surface area (Å²) < 4.78 is 4.89. The number of carbonyl (C=O) groups excluding carboxylic acids is 3. The molecular formula is C22H24N2O5. The van der Waals surface area contributed by atoms with E-state index in [0.717, 1.165) is 10.8 Å². The fourth-order valence-corrected chi connectivity index (χ4v) is 3.37. The number of hydrogen-bond acceptors (Lipinski definition) is 5. The Labute approximate surface area is 168 Å². The Bertz CT molecular complexity index is 953. The van der Waals surface area contributed by atoms with Crippen molar-refractivity contribution in [2.45, 2.75) is 25.8 Å². The van der Waals surface area contributed by atoms with E-state index in [0.29, 0.717) is 24.9 Å². The van der Waals surface area contributed by atoms with Gasteiger partial charge in [0.2, 0.25) is 5.91 Å². The molecule has 2 amide bonds. The van der Waals surface area contributed by atoms with Crippen molar-refractivity contribution >= 4 is 28.6 Å². The normalized spacial score (nSPS) is 17.3. The summed E-state index contributed by atoms with van der Waals surface area (Å²) in [6.45, 7) is 2.59. The third kappa shape index (κ3) is 5.34. The molecule has 3 N–H and O–H groups in total. The number of carbonyl (C=O) groups is 3. The first-order chi connectivity index (χ1) is 14.0. The van der Waals surface area contributed by atoms with Gasteiger partial charge < -0.3 is 20.5 Å². The molecule has 0 saturated carbocycles. The summed E-state index contributed by atoms with van der Waals surface area (Å²) in [7, 11) is 0. The van der Waals surface area contributed by atoms with Crippen LogP contribution in [0.2, 0.25) is 0 Å². The van der Waals surface area contributed by atoms with Crippen molar-refractivity contribution in [3.8, 4) is 5.75 Å². The average molecular weight is 396 g/mol. The quantitative estimate of drug-likeness (QED) is 0.492. The maximum absolute atomic E-state index is 12.8. The smallest absolute Gasteiger partial charge is 0.330 e. The topological polar surface area (TPSA) is 105 Å². The van der Waals surface area contributed by atoms with Gasteiger partial charge in [0.1, 0.15) is 5.75 Å². The van der Waals surface area contributed by atoms with E-state index in [2.05, 4.69) is 10.6 Å². The number of nitrogens with one attached hydrogen (secondary N) is 2. The number of aromatic hydroxyl groups is 1. The van der Waals surface area contributed by atoms with Crippen molar-refractivity contribution < 1.29 is 24.2 Å². The zero-order valence-corrected chi connectivity index (χ0v) is 16.2. The van der Waals surface area contributed by atoms with Crippen molar-refractivity contribution in [1.82, 2.24) is 10.6 Å². The summed E-state index contributed by atoms with van der Waals surface area (Å²) in [6.07, 6.45) is 3.94. The molecule has 1 unspecified atom stereocenters. The van der Waals surface area contributed by atoms with Crippen molar-refractivity contribution in [3.05, 3.63) is 54.1 Å². The van der Waals surface area contributed by atoms with Crippen LogP contribution in [0.5, 0.6) is 5.75 Å². The van der Waals surface area contributed by atoms with E-state index >= 15 is 0 Å². The van der Waals surface area contributed by atoms with E-state index in [-0.39, 0.29) is 30.1 Å². The number of hydrogen-bond donors (Lipinski definition) is 3. The standard InChI is InChI=1S/C22H24N2O5/c1-2-29-20(26)8-6-18(12-17-9-10-23-21(17)27)24-22(28)16-4-3-15-13-19(25)7-5-14(15)11-16/h3-8,11,13,17-18,25H,2,9-10,12H2,1H3,(H,23,27)(H,24,28)/b8-6+/t17-,18?/m0/s1. The minimum atomic E-state index is -0.492. The summed E-state index contributed by atoms with van der Waals surface area (Å²) in [4.78, 5) is 36.4. The highest BCUT2D eigenvalue weighted by molar-refractivity contribution is 5.99. The van der Waals surface area contributed by atoms with Gasteiger partial charge in [-0.1, -0.05) is 18.2 Å². The third-order valence-corrected chi connectivity index (χ3v) is 4.85. The van der Waals surface area contributed by atoms with Crippen LogP contribution in [-0.4, -0.2) is 42.1 Å². The fourth-order valence-electron chi connectivity index (χ4n) is 3.37. The molecule has 2 aromatic rings. The van der Waals surface area contributed by atoms with Gasteiger partial charge in [0.25, 0.3) is 5.91 Å². The summed E-state index contributed by atoms with van der Waals surface area (Å²) in [5.41, 5.74) is 0.452. The monoisotopic (exact) mass is 396 g/mol. The molecule has 0 aromatic heterocycles. The van der Waals surface area contributed by atoms with E-state index in [1.54, 1.807) is 49.4 Å². The predicted molar refractivity (Wildman–Crippen MR) is 108 cm³/mol. The summed E-state index contributed by atoms with van der Waals surface area (Å²) in [5, 5.41) is 16.9. The Morgan fingerprint density at radius 2 is 2.03 bits per heavy atom. The van der Waals surface area contributed by atoms with Gasteiger partial charge in [0.05, 0.1) is 6.61 Å². The van der Waals surface area contributed by atoms with E-state index in [4.69, 9.17) is 4.74 Å². The molecule has 1 aliphatic rings. The second-order valence-corrected chi connectivity index (χ2v) is 6.95. The molecule has 7 nitrogen and oxygen atoms in total. The van der Waals surface area contributed by atoms with Crippen LogP contribution < -0.4 is 10.6 Å². The zero-order chi connectivity index (χ0) is 20.8. The number of phenolic OH excluding ortho intramolecular Hbond substituents is 1. The molecule has 7 heteroatoms. The molecule has 3 rings (SSSR count). The zero-order valence-electron chi connectivity index (χ0n) is 16.2. The summed E-state index contributed by atoms with van der Waals surface area (Å²) in [5.74, 6) is -0.898. The lowest BCUT2D eigenvalue weighted by atomic mass is 9.97. The van der Waals surface area contributed by atoms with Crippen LogP contribution in [0, 0.1) is 5.92 Å². The third-order valence-electron chi connectivity index (χ3n) is 4.85. The van der Waals surface area contributed by atoms with E-state index in [1.165, 1.54) is 6.08 Å².